The van der Waals surface area contributed by atoms with Crippen molar-refractivity contribution in [2.75, 3.05) is 26.7 Å². The molecular formula is C22H32FN5O5S. The first-order chi connectivity index (χ1) is 16.1. The summed E-state index contributed by atoms with van der Waals surface area (Å²) in [5.41, 5.74) is 0.731. The van der Waals surface area contributed by atoms with Gasteiger partial charge in [0.15, 0.2) is 0 Å². The molecule has 1 aromatic carbocycles. The van der Waals surface area contributed by atoms with E-state index in [4.69, 9.17) is 4.74 Å². The number of aromatic nitrogens is 3. The summed E-state index contributed by atoms with van der Waals surface area (Å²) in [6.45, 7) is 4.45. The molecule has 1 aromatic heterocycles. The van der Waals surface area contributed by atoms with Crippen LogP contribution in [0, 0.1) is 11.7 Å². The number of nitrogens with zero attached hydrogens (tertiary/aromatic N) is 5. The maximum absolute atomic E-state index is 13.3. The molecule has 3 atom stereocenters. The van der Waals surface area contributed by atoms with Crippen LogP contribution in [-0.4, -0.2) is 82.5 Å². The average Bonchev–Trinajstić information content (AvgIpc) is 3.25. The molecule has 0 unspecified atom stereocenters. The van der Waals surface area contributed by atoms with Crippen molar-refractivity contribution in [3.8, 4) is 0 Å². The van der Waals surface area contributed by atoms with Crippen LogP contribution in [-0.2, 0) is 32.7 Å². The Bertz CT molecular complexity index is 1060. The zero-order valence-electron chi connectivity index (χ0n) is 19.7. The zero-order chi connectivity index (χ0) is 24.9. The maximum Gasteiger partial charge on any atom is 0.242 e. The van der Waals surface area contributed by atoms with E-state index in [1.807, 2.05) is 6.92 Å². The fraction of sp³-hybridized carbons (Fsp3) is 0.591. The third-order valence-electron chi connectivity index (χ3n) is 6.10. The number of aryl methyl sites for hydroxylation is 1. The minimum absolute atomic E-state index is 0.0119. The van der Waals surface area contributed by atoms with Gasteiger partial charge in [-0.25, -0.2) is 17.5 Å². The van der Waals surface area contributed by atoms with E-state index in [2.05, 4.69) is 10.3 Å². The Hall–Kier alpha value is -2.41. The van der Waals surface area contributed by atoms with Gasteiger partial charge in [0.25, 0.3) is 0 Å². The molecule has 0 saturated heterocycles. The summed E-state index contributed by atoms with van der Waals surface area (Å²) in [4.78, 5) is 14.5. The van der Waals surface area contributed by atoms with Crippen LogP contribution < -0.4 is 0 Å². The fourth-order valence-corrected chi connectivity index (χ4v) is 5.07. The Balaban J connectivity index is 1.86. The van der Waals surface area contributed by atoms with Gasteiger partial charge in [-0.3, -0.25) is 4.79 Å². The Labute approximate surface area is 199 Å². The number of likely N-dealkylation sites (N-methyl/N-ethyl adjacent to an activating group) is 1. The smallest absolute Gasteiger partial charge is 0.242 e. The third kappa shape index (κ3) is 6.17. The molecule has 2 aromatic rings. The molecule has 12 heteroatoms. The van der Waals surface area contributed by atoms with Crippen LogP contribution in [0.1, 0.15) is 32.4 Å². The van der Waals surface area contributed by atoms with Crippen molar-refractivity contribution < 1.29 is 27.4 Å². The van der Waals surface area contributed by atoms with Gasteiger partial charge >= 0.3 is 0 Å². The lowest BCUT2D eigenvalue weighted by Gasteiger charge is -2.35. The topological polar surface area (TPSA) is 118 Å². The molecule has 1 amide bonds. The lowest BCUT2D eigenvalue weighted by molar-refractivity contribution is -0.136. The summed E-state index contributed by atoms with van der Waals surface area (Å²) in [7, 11) is -2.45. The maximum atomic E-state index is 13.3. The second-order valence-electron chi connectivity index (χ2n) is 8.70. The molecule has 3 rings (SSSR count). The molecule has 1 aliphatic heterocycles. The molecule has 2 heterocycles. The molecule has 188 valence electrons. The first-order valence-electron chi connectivity index (χ1n) is 11.2. The molecule has 0 aliphatic carbocycles. The second kappa shape index (κ2) is 11.3. The van der Waals surface area contributed by atoms with Gasteiger partial charge in [-0.15, -0.1) is 5.10 Å². The Morgan fingerprint density at radius 1 is 1.32 bits per heavy atom. The van der Waals surface area contributed by atoms with E-state index in [1.54, 1.807) is 22.7 Å². The van der Waals surface area contributed by atoms with Gasteiger partial charge in [-0.05, 0) is 37.6 Å². The number of halogens is 1. The number of hydrogen-bond acceptors (Lipinski definition) is 7. The van der Waals surface area contributed by atoms with Gasteiger partial charge in [0.05, 0.1) is 42.1 Å². The van der Waals surface area contributed by atoms with Crippen LogP contribution >= 0.6 is 0 Å². The van der Waals surface area contributed by atoms with E-state index in [0.29, 0.717) is 25.9 Å². The van der Waals surface area contributed by atoms with E-state index in [9.17, 15) is 22.7 Å². The third-order valence-corrected chi connectivity index (χ3v) is 7.94. The molecule has 10 nitrogen and oxygen atoms in total. The van der Waals surface area contributed by atoms with E-state index in [0.717, 1.165) is 17.8 Å². The van der Waals surface area contributed by atoms with Crippen molar-refractivity contribution in [3.63, 3.8) is 0 Å². The van der Waals surface area contributed by atoms with Crippen LogP contribution in [0.2, 0.25) is 0 Å². The number of aliphatic hydroxyl groups excluding tert-OH is 1. The first kappa shape index (κ1) is 26.2. The SMILES string of the molecule is C[C@@H]1CN([C@H](C)CO)C(=O)CCCn2nncc2CO[C@H]1CN(C)S(=O)(=O)c1ccc(F)cc1. The highest BCUT2D eigenvalue weighted by atomic mass is 32.2. The van der Waals surface area contributed by atoms with Crippen molar-refractivity contribution >= 4 is 15.9 Å². The number of sulfonamides is 1. The van der Waals surface area contributed by atoms with Crippen molar-refractivity contribution in [2.45, 2.75) is 56.9 Å². The molecule has 0 saturated carbocycles. The van der Waals surface area contributed by atoms with Gasteiger partial charge < -0.3 is 14.7 Å². The van der Waals surface area contributed by atoms with Crippen LogP contribution in [0.3, 0.4) is 0 Å². The molecule has 34 heavy (non-hydrogen) atoms. The lowest BCUT2D eigenvalue weighted by Crippen LogP contribution is -2.47. The summed E-state index contributed by atoms with van der Waals surface area (Å²) in [5.74, 6) is -0.875. The summed E-state index contributed by atoms with van der Waals surface area (Å²) in [6.07, 6.45) is 1.87. The Morgan fingerprint density at radius 2 is 2.03 bits per heavy atom. The van der Waals surface area contributed by atoms with Gasteiger partial charge in [0.2, 0.25) is 15.9 Å². The van der Waals surface area contributed by atoms with Crippen LogP contribution in [0.25, 0.3) is 0 Å². The van der Waals surface area contributed by atoms with Gasteiger partial charge in [-0.1, -0.05) is 12.1 Å². The van der Waals surface area contributed by atoms with Crippen molar-refractivity contribution in [2.24, 2.45) is 5.92 Å². The number of hydrogen-bond donors (Lipinski definition) is 1. The molecule has 0 fully saturated rings. The van der Waals surface area contributed by atoms with E-state index in [1.165, 1.54) is 23.5 Å². The predicted molar refractivity (Wildman–Crippen MR) is 121 cm³/mol. The van der Waals surface area contributed by atoms with Crippen LogP contribution in [0.4, 0.5) is 4.39 Å². The number of carbonyl (C=O) groups is 1. The number of fused-ring (bicyclic) bond motifs is 1. The van der Waals surface area contributed by atoms with E-state index >= 15 is 0 Å². The molecule has 0 bridgehead atoms. The first-order valence-corrected chi connectivity index (χ1v) is 12.7. The lowest BCUT2D eigenvalue weighted by atomic mass is 10.0. The van der Waals surface area contributed by atoms with Gasteiger partial charge in [0.1, 0.15) is 5.82 Å². The number of carbonyl (C=O) groups excluding carboxylic acids is 1. The number of aliphatic hydroxyl groups is 1. The van der Waals surface area contributed by atoms with Gasteiger partial charge in [0, 0.05) is 39.0 Å². The van der Waals surface area contributed by atoms with Crippen molar-refractivity contribution in [3.05, 3.63) is 42.0 Å². The minimum Gasteiger partial charge on any atom is -0.394 e. The number of rotatable bonds is 6. The summed E-state index contributed by atoms with van der Waals surface area (Å²) in [6, 6.07) is 4.26. The van der Waals surface area contributed by atoms with Crippen LogP contribution in [0.5, 0.6) is 0 Å². The Morgan fingerprint density at radius 3 is 2.71 bits per heavy atom. The van der Waals surface area contributed by atoms with Crippen molar-refractivity contribution in [1.82, 2.24) is 24.2 Å². The summed E-state index contributed by atoms with van der Waals surface area (Å²) < 4.78 is 48.4. The highest BCUT2D eigenvalue weighted by molar-refractivity contribution is 7.89. The fourth-order valence-electron chi connectivity index (χ4n) is 3.88. The predicted octanol–water partition coefficient (Wildman–Crippen LogP) is 1.26. The van der Waals surface area contributed by atoms with E-state index < -0.39 is 21.9 Å². The number of amides is 1. The molecule has 0 spiro atoms. The quantitative estimate of drug-likeness (QED) is 0.638. The summed E-state index contributed by atoms with van der Waals surface area (Å²) >= 11 is 0. The normalized spacial score (nSPS) is 21.6. The molecular weight excluding hydrogens is 465 g/mol. The molecule has 0 radical (unpaired) electrons. The second-order valence-corrected chi connectivity index (χ2v) is 10.7. The highest BCUT2D eigenvalue weighted by Gasteiger charge is 2.31. The van der Waals surface area contributed by atoms with Gasteiger partial charge in [-0.2, -0.15) is 4.31 Å². The average molecular weight is 498 g/mol. The zero-order valence-corrected chi connectivity index (χ0v) is 20.5. The Kier molecular flexibility index (Phi) is 8.74. The number of ether oxygens (including phenoxy) is 1. The van der Waals surface area contributed by atoms with Crippen LogP contribution in [0.15, 0.2) is 35.4 Å². The summed E-state index contributed by atoms with van der Waals surface area (Å²) in [5, 5.41) is 17.7. The number of benzene rings is 1. The highest BCUT2D eigenvalue weighted by Crippen LogP contribution is 2.21. The monoisotopic (exact) mass is 497 g/mol. The minimum atomic E-state index is -3.89. The largest absolute Gasteiger partial charge is 0.394 e. The molecule has 1 aliphatic rings. The molecule has 1 N–H and O–H groups in total. The standard InChI is InChI=1S/C22H32FN5O5S/c1-16-12-27(17(2)14-29)22(30)5-4-10-28-19(11-24-25-28)15-33-21(16)13-26(3)34(31,32)20-8-6-18(23)7-9-20/h6-9,11,16-17,21,29H,4-5,10,12-15H2,1-3H3/t16-,17-,21+/m1/s1. The van der Waals surface area contributed by atoms with Crippen molar-refractivity contribution in [1.29, 1.82) is 0 Å². The van der Waals surface area contributed by atoms with E-state index in [-0.39, 0.29) is 42.5 Å².